The molecule has 23 heavy (non-hydrogen) atoms. The third-order valence-electron chi connectivity index (χ3n) is 3.27. The van der Waals surface area contributed by atoms with E-state index in [9.17, 15) is 9.59 Å². The predicted molar refractivity (Wildman–Crippen MR) is 95.2 cm³/mol. The van der Waals surface area contributed by atoms with Gasteiger partial charge in [-0.1, -0.05) is 18.2 Å². The van der Waals surface area contributed by atoms with Crippen LogP contribution < -0.4 is 5.32 Å². The standard InChI is InChI=1S/C18H20N2O2S/c1-3-20(13-17-5-4-12-23-17)18(22)11-8-15-6-9-16(10-7-15)19-14(2)21/h4-12H,3,13H2,1-2H3,(H,19,21)/b11-8+. The molecule has 5 heteroatoms. The number of anilines is 1. The van der Waals surface area contributed by atoms with Crippen molar-refractivity contribution in [1.82, 2.24) is 4.90 Å². The van der Waals surface area contributed by atoms with Crippen LogP contribution in [0, 0.1) is 0 Å². The number of amides is 2. The molecule has 0 unspecified atom stereocenters. The van der Waals surface area contributed by atoms with Gasteiger partial charge in [-0.3, -0.25) is 9.59 Å². The average Bonchev–Trinajstić information content (AvgIpc) is 3.04. The van der Waals surface area contributed by atoms with Crippen molar-refractivity contribution in [3.05, 3.63) is 58.3 Å². The first-order valence-corrected chi connectivity index (χ1v) is 8.33. The molecule has 2 amide bonds. The van der Waals surface area contributed by atoms with Crippen LogP contribution >= 0.6 is 11.3 Å². The molecule has 0 bridgehead atoms. The van der Waals surface area contributed by atoms with E-state index in [0.717, 1.165) is 11.3 Å². The SMILES string of the molecule is CCN(Cc1cccs1)C(=O)/C=C/c1ccc(NC(C)=O)cc1. The number of nitrogens with zero attached hydrogens (tertiary/aromatic N) is 1. The number of likely N-dealkylation sites (N-methyl/N-ethyl adjacent to an activating group) is 1. The van der Waals surface area contributed by atoms with Crippen LogP contribution in [0.4, 0.5) is 5.69 Å². The molecule has 1 aromatic carbocycles. The molecule has 0 aliphatic carbocycles. The summed E-state index contributed by atoms with van der Waals surface area (Å²) in [5.41, 5.74) is 1.66. The number of hydrogen-bond donors (Lipinski definition) is 1. The van der Waals surface area contributed by atoms with Gasteiger partial charge in [0.1, 0.15) is 0 Å². The largest absolute Gasteiger partial charge is 0.334 e. The van der Waals surface area contributed by atoms with Crippen LogP contribution in [0.2, 0.25) is 0 Å². The van der Waals surface area contributed by atoms with E-state index >= 15 is 0 Å². The highest BCUT2D eigenvalue weighted by Gasteiger charge is 2.09. The molecular formula is C18H20N2O2S. The number of nitrogens with one attached hydrogen (secondary N) is 1. The molecule has 1 aromatic heterocycles. The molecule has 0 aliphatic heterocycles. The number of thiophene rings is 1. The van der Waals surface area contributed by atoms with E-state index in [-0.39, 0.29) is 11.8 Å². The van der Waals surface area contributed by atoms with Crippen molar-refractivity contribution in [2.75, 3.05) is 11.9 Å². The Morgan fingerprint density at radius 2 is 1.96 bits per heavy atom. The second-order valence-electron chi connectivity index (χ2n) is 5.07. The van der Waals surface area contributed by atoms with Crippen molar-refractivity contribution in [2.45, 2.75) is 20.4 Å². The molecule has 0 atom stereocenters. The number of carbonyl (C=O) groups excluding carboxylic acids is 2. The van der Waals surface area contributed by atoms with Crippen LogP contribution in [0.15, 0.2) is 47.9 Å². The van der Waals surface area contributed by atoms with Crippen molar-refractivity contribution in [3.8, 4) is 0 Å². The highest BCUT2D eigenvalue weighted by Crippen LogP contribution is 2.13. The Hall–Kier alpha value is -2.40. The average molecular weight is 328 g/mol. The van der Waals surface area contributed by atoms with Gasteiger partial charge in [-0.25, -0.2) is 0 Å². The lowest BCUT2D eigenvalue weighted by Gasteiger charge is -2.18. The molecule has 120 valence electrons. The lowest BCUT2D eigenvalue weighted by atomic mass is 10.2. The predicted octanol–water partition coefficient (Wildman–Crippen LogP) is 3.77. The zero-order chi connectivity index (χ0) is 16.7. The van der Waals surface area contributed by atoms with Crippen LogP contribution in [-0.4, -0.2) is 23.3 Å². The molecule has 4 nitrogen and oxygen atoms in total. The lowest BCUT2D eigenvalue weighted by molar-refractivity contribution is -0.126. The van der Waals surface area contributed by atoms with Crippen molar-refractivity contribution in [2.24, 2.45) is 0 Å². The van der Waals surface area contributed by atoms with Gasteiger partial charge in [-0.2, -0.15) is 0 Å². The fraction of sp³-hybridized carbons (Fsp3) is 0.222. The topological polar surface area (TPSA) is 49.4 Å². The Morgan fingerprint density at radius 3 is 2.52 bits per heavy atom. The van der Waals surface area contributed by atoms with Gasteiger partial charge in [0, 0.05) is 30.1 Å². The first kappa shape index (κ1) is 17.0. The third-order valence-corrected chi connectivity index (χ3v) is 4.13. The summed E-state index contributed by atoms with van der Waals surface area (Å²) in [4.78, 5) is 26.2. The number of benzene rings is 1. The summed E-state index contributed by atoms with van der Waals surface area (Å²) in [6.45, 7) is 4.75. The van der Waals surface area contributed by atoms with Crippen LogP contribution in [0.1, 0.15) is 24.3 Å². The highest BCUT2D eigenvalue weighted by atomic mass is 32.1. The Balaban J connectivity index is 1.97. The maximum atomic E-state index is 12.3. The fourth-order valence-electron chi connectivity index (χ4n) is 2.09. The summed E-state index contributed by atoms with van der Waals surface area (Å²) < 4.78 is 0. The summed E-state index contributed by atoms with van der Waals surface area (Å²) in [5.74, 6) is -0.109. The molecule has 0 saturated heterocycles. The summed E-state index contributed by atoms with van der Waals surface area (Å²) in [6.07, 6.45) is 3.38. The Kier molecular flexibility index (Phi) is 6.11. The minimum Gasteiger partial charge on any atom is -0.334 e. The first-order chi connectivity index (χ1) is 11.1. The van der Waals surface area contributed by atoms with Crippen molar-refractivity contribution >= 4 is 34.9 Å². The van der Waals surface area contributed by atoms with Gasteiger partial charge in [0.05, 0.1) is 6.54 Å². The van der Waals surface area contributed by atoms with Gasteiger partial charge < -0.3 is 10.2 Å². The first-order valence-electron chi connectivity index (χ1n) is 7.45. The number of hydrogen-bond acceptors (Lipinski definition) is 3. The third kappa shape index (κ3) is 5.38. The second-order valence-corrected chi connectivity index (χ2v) is 6.10. The van der Waals surface area contributed by atoms with E-state index < -0.39 is 0 Å². The normalized spacial score (nSPS) is 10.7. The molecule has 2 aromatic rings. The zero-order valence-corrected chi connectivity index (χ0v) is 14.1. The van der Waals surface area contributed by atoms with Crippen LogP contribution in [0.25, 0.3) is 6.08 Å². The van der Waals surface area contributed by atoms with E-state index in [4.69, 9.17) is 0 Å². The van der Waals surface area contributed by atoms with Gasteiger partial charge >= 0.3 is 0 Å². The second kappa shape index (κ2) is 8.29. The van der Waals surface area contributed by atoms with Crippen LogP contribution in [-0.2, 0) is 16.1 Å². The van der Waals surface area contributed by atoms with Crippen molar-refractivity contribution in [3.63, 3.8) is 0 Å². The molecule has 0 spiro atoms. The summed E-state index contributed by atoms with van der Waals surface area (Å²) in [6, 6.07) is 11.4. The highest BCUT2D eigenvalue weighted by molar-refractivity contribution is 7.09. The summed E-state index contributed by atoms with van der Waals surface area (Å²) in [5, 5.41) is 4.73. The van der Waals surface area contributed by atoms with Gasteiger partial charge in [-0.15, -0.1) is 11.3 Å². The molecule has 0 aliphatic rings. The number of rotatable bonds is 6. The fourth-order valence-corrected chi connectivity index (χ4v) is 2.81. The van der Waals surface area contributed by atoms with Gasteiger partial charge in [-0.05, 0) is 42.1 Å². The van der Waals surface area contributed by atoms with Gasteiger partial charge in [0.25, 0.3) is 0 Å². The van der Waals surface area contributed by atoms with E-state index in [0.29, 0.717) is 13.1 Å². The minimum atomic E-state index is -0.101. The van der Waals surface area contributed by atoms with E-state index in [2.05, 4.69) is 5.32 Å². The molecule has 0 fully saturated rings. The minimum absolute atomic E-state index is 0.00756. The summed E-state index contributed by atoms with van der Waals surface area (Å²) in [7, 11) is 0. The van der Waals surface area contributed by atoms with E-state index in [1.165, 1.54) is 11.8 Å². The quantitative estimate of drug-likeness (QED) is 0.821. The Labute approximate surface area is 140 Å². The molecule has 0 saturated carbocycles. The zero-order valence-electron chi connectivity index (χ0n) is 13.3. The van der Waals surface area contributed by atoms with E-state index in [1.807, 2.05) is 48.7 Å². The molecular weight excluding hydrogens is 308 g/mol. The van der Waals surface area contributed by atoms with E-state index in [1.54, 1.807) is 28.4 Å². The summed E-state index contributed by atoms with van der Waals surface area (Å²) >= 11 is 1.65. The Morgan fingerprint density at radius 1 is 1.22 bits per heavy atom. The maximum absolute atomic E-state index is 12.3. The van der Waals surface area contributed by atoms with Crippen molar-refractivity contribution < 1.29 is 9.59 Å². The molecule has 2 rings (SSSR count). The lowest BCUT2D eigenvalue weighted by Crippen LogP contribution is -2.28. The molecule has 1 heterocycles. The van der Waals surface area contributed by atoms with Gasteiger partial charge in [0.2, 0.25) is 11.8 Å². The van der Waals surface area contributed by atoms with Gasteiger partial charge in [0.15, 0.2) is 0 Å². The van der Waals surface area contributed by atoms with Crippen LogP contribution in [0.3, 0.4) is 0 Å². The Bertz CT molecular complexity index is 676. The molecule has 1 N–H and O–H groups in total. The number of carbonyl (C=O) groups is 2. The monoisotopic (exact) mass is 328 g/mol. The van der Waals surface area contributed by atoms with Crippen LogP contribution in [0.5, 0.6) is 0 Å². The maximum Gasteiger partial charge on any atom is 0.246 e. The smallest absolute Gasteiger partial charge is 0.246 e. The molecule has 0 radical (unpaired) electrons. The van der Waals surface area contributed by atoms with Crippen molar-refractivity contribution in [1.29, 1.82) is 0 Å².